The zero-order valence-electron chi connectivity index (χ0n) is 15.2. The van der Waals surface area contributed by atoms with E-state index in [0.29, 0.717) is 23.5 Å². The molecule has 0 radical (unpaired) electrons. The Balaban J connectivity index is 1.51. The summed E-state index contributed by atoms with van der Waals surface area (Å²) < 4.78 is 8.36. The molecule has 0 bridgehead atoms. The van der Waals surface area contributed by atoms with Crippen molar-refractivity contribution in [2.45, 2.75) is 20.3 Å². The van der Waals surface area contributed by atoms with Crippen molar-refractivity contribution in [2.24, 2.45) is 5.92 Å². The Kier molecular flexibility index (Phi) is 5.97. The van der Waals surface area contributed by atoms with Gasteiger partial charge in [0, 0.05) is 17.8 Å². The predicted molar refractivity (Wildman–Crippen MR) is 109 cm³/mol. The second-order valence-corrected chi connectivity index (χ2v) is 7.09. The number of rotatable bonds is 7. The largest absolute Gasteiger partial charge is 0.376 e. The minimum Gasteiger partial charge on any atom is -0.376 e. The highest BCUT2D eigenvalue weighted by Gasteiger charge is 2.09. The maximum atomic E-state index is 12.2. The van der Waals surface area contributed by atoms with Crippen molar-refractivity contribution in [3.63, 3.8) is 0 Å². The number of carbonyl (C=O) groups excluding carboxylic acids is 2. The fourth-order valence-corrected chi connectivity index (χ4v) is 3.09. The molecule has 0 unspecified atom stereocenters. The molecule has 3 N–H and O–H groups in total. The van der Waals surface area contributed by atoms with Gasteiger partial charge in [-0.1, -0.05) is 19.9 Å². The Morgan fingerprint density at radius 1 is 0.963 bits per heavy atom. The number of amides is 2. The molecular formula is C19H21N5O2S. The summed E-state index contributed by atoms with van der Waals surface area (Å²) in [7, 11) is 0. The van der Waals surface area contributed by atoms with Gasteiger partial charge in [-0.2, -0.15) is 8.75 Å². The van der Waals surface area contributed by atoms with Gasteiger partial charge in [0.25, 0.3) is 0 Å². The maximum Gasteiger partial charge on any atom is 0.243 e. The molecule has 3 rings (SSSR count). The van der Waals surface area contributed by atoms with Crippen LogP contribution in [-0.2, 0) is 9.59 Å². The van der Waals surface area contributed by atoms with E-state index in [1.807, 2.05) is 38.1 Å². The number of fused-ring (bicyclic) bond motifs is 1. The third kappa shape index (κ3) is 5.24. The minimum absolute atomic E-state index is 0.00390. The third-order valence-corrected chi connectivity index (χ3v) is 4.32. The number of nitrogens with zero attached hydrogens (tertiary/aromatic N) is 2. The number of carbonyl (C=O) groups is 2. The van der Waals surface area contributed by atoms with Crippen molar-refractivity contribution >= 4 is 51.6 Å². The van der Waals surface area contributed by atoms with E-state index < -0.39 is 0 Å². The SMILES string of the molecule is CC(C)CC(=O)Nc1ccc(NCC(=O)Nc2cccc3nsnc23)cc1. The van der Waals surface area contributed by atoms with Gasteiger partial charge in [0.1, 0.15) is 11.0 Å². The van der Waals surface area contributed by atoms with Crippen LogP contribution in [-0.4, -0.2) is 27.1 Å². The van der Waals surface area contributed by atoms with E-state index in [4.69, 9.17) is 0 Å². The molecule has 27 heavy (non-hydrogen) atoms. The molecule has 0 aliphatic rings. The molecule has 0 aliphatic heterocycles. The Morgan fingerprint density at radius 3 is 2.44 bits per heavy atom. The summed E-state index contributed by atoms with van der Waals surface area (Å²) in [6, 6.07) is 12.7. The average Bonchev–Trinajstić information content (AvgIpc) is 3.10. The summed E-state index contributed by atoms with van der Waals surface area (Å²) in [5, 5.41) is 8.76. The van der Waals surface area contributed by atoms with Crippen molar-refractivity contribution in [3.8, 4) is 0 Å². The topological polar surface area (TPSA) is 96.0 Å². The summed E-state index contributed by atoms with van der Waals surface area (Å²) in [4.78, 5) is 24.0. The molecule has 2 amide bonds. The number of benzene rings is 2. The molecule has 2 aromatic carbocycles. The second kappa shape index (κ2) is 8.59. The van der Waals surface area contributed by atoms with Crippen LogP contribution in [0.5, 0.6) is 0 Å². The Hall–Kier alpha value is -3.00. The molecule has 0 aliphatic carbocycles. The van der Waals surface area contributed by atoms with Gasteiger partial charge in [0.05, 0.1) is 24.0 Å². The van der Waals surface area contributed by atoms with Crippen molar-refractivity contribution in [3.05, 3.63) is 42.5 Å². The lowest BCUT2D eigenvalue weighted by molar-refractivity contribution is -0.117. The molecule has 1 aromatic heterocycles. The van der Waals surface area contributed by atoms with Gasteiger partial charge in [-0.15, -0.1) is 0 Å². The lowest BCUT2D eigenvalue weighted by Gasteiger charge is -2.10. The Labute approximate surface area is 161 Å². The fourth-order valence-electron chi connectivity index (χ4n) is 2.54. The number of hydrogen-bond acceptors (Lipinski definition) is 6. The maximum absolute atomic E-state index is 12.2. The Bertz CT molecular complexity index is 937. The van der Waals surface area contributed by atoms with Crippen LogP contribution in [0, 0.1) is 5.92 Å². The van der Waals surface area contributed by atoms with E-state index in [1.54, 1.807) is 18.2 Å². The molecule has 0 saturated heterocycles. The van der Waals surface area contributed by atoms with Crippen LogP contribution >= 0.6 is 11.7 Å². The smallest absolute Gasteiger partial charge is 0.243 e. The van der Waals surface area contributed by atoms with Crippen LogP contribution in [0.4, 0.5) is 17.1 Å². The molecule has 1 heterocycles. The first kappa shape index (κ1) is 18.8. The fraction of sp³-hybridized carbons (Fsp3) is 0.263. The molecule has 3 aromatic rings. The normalized spacial score (nSPS) is 10.8. The van der Waals surface area contributed by atoms with E-state index in [0.717, 1.165) is 28.6 Å². The van der Waals surface area contributed by atoms with Crippen LogP contribution in [0.2, 0.25) is 0 Å². The van der Waals surface area contributed by atoms with Gasteiger partial charge in [0.15, 0.2) is 0 Å². The lowest BCUT2D eigenvalue weighted by Crippen LogP contribution is -2.21. The van der Waals surface area contributed by atoms with Crippen LogP contribution in [0.15, 0.2) is 42.5 Å². The molecule has 8 heteroatoms. The molecule has 0 spiro atoms. The van der Waals surface area contributed by atoms with Gasteiger partial charge < -0.3 is 16.0 Å². The van der Waals surface area contributed by atoms with Crippen molar-refractivity contribution in [2.75, 3.05) is 22.5 Å². The van der Waals surface area contributed by atoms with E-state index in [2.05, 4.69) is 24.7 Å². The zero-order chi connectivity index (χ0) is 19.2. The van der Waals surface area contributed by atoms with Crippen LogP contribution < -0.4 is 16.0 Å². The molecule has 140 valence electrons. The van der Waals surface area contributed by atoms with E-state index in [1.165, 1.54) is 0 Å². The number of aromatic nitrogens is 2. The highest BCUT2D eigenvalue weighted by Crippen LogP contribution is 2.21. The Morgan fingerprint density at radius 2 is 1.70 bits per heavy atom. The van der Waals surface area contributed by atoms with Gasteiger partial charge in [-0.25, -0.2) is 0 Å². The van der Waals surface area contributed by atoms with E-state index in [9.17, 15) is 9.59 Å². The van der Waals surface area contributed by atoms with Gasteiger partial charge in [-0.3, -0.25) is 9.59 Å². The second-order valence-electron chi connectivity index (χ2n) is 6.56. The first-order valence-corrected chi connectivity index (χ1v) is 9.39. The third-order valence-electron chi connectivity index (χ3n) is 3.78. The summed E-state index contributed by atoms with van der Waals surface area (Å²) in [5.74, 6) is 0.135. The lowest BCUT2D eigenvalue weighted by atomic mass is 10.1. The average molecular weight is 383 g/mol. The number of anilines is 3. The first-order valence-electron chi connectivity index (χ1n) is 8.66. The summed E-state index contributed by atoms with van der Waals surface area (Å²) in [6.45, 7) is 4.12. The van der Waals surface area contributed by atoms with Crippen LogP contribution in [0.3, 0.4) is 0 Å². The molecule has 0 fully saturated rings. The monoisotopic (exact) mass is 383 g/mol. The standard InChI is InChI=1S/C19H21N5O2S/c1-12(2)10-17(25)21-14-8-6-13(7-9-14)20-11-18(26)22-15-4-3-5-16-19(15)24-27-23-16/h3-9,12,20H,10-11H2,1-2H3,(H,21,25)(H,22,26). The van der Waals surface area contributed by atoms with Gasteiger partial charge in [0.2, 0.25) is 11.8 Å². The van der Waals surface area contributed by atoms with Gasteiger partial charge >= 0.3 is 0 Å². The van der Waals surface area contributed by atoms with E-state index >= 15 is 0 Å². The van der Waals surface area contributed by atoms with Crippen molar-refractivity contribution < 1.29 is 9.59 Å². The summed E-state index contributed by atoms with van der Waals surface area (Å²) in [5.41, 5.74) is 3.63. The molecular weight excluding hydrogens is 362 g/mol. The quantitative estimate of drug-likeness (QED) is 0.578. The highest BCUT2D eigenvalue weighted by atomic mass is 32.1. The van der Waals surface area contributed by atoms with Crippen molar-refractivity contribution in [1.82, 2.24) is 8.75 Å². The number of nitrogens with one attached hydrogen (secondary N) is 3. The van der Waals surface area contributed by atoms with Gasteiger partial charge in [-0.05, 0) is 42.3 Å². The van der Waals surface area contributed by atoms with Crippen LogP contribution in [0.1, 0.15) is 20.3 Å². The van der Waals surface area contributed by atoms with E-state index in [-0.39, 0.29) is 18.4 Å². The van der Waals surface area contributed by atoms with Crippen molar-refractivity contribution in [1.29, 1.82) is 0 Å². The molecule has 7 nitrogen and oxygen atoms in total. The number of hydrogen-bond donors (Lipinski definition) is 3. The van der Waals surface area contributed by atoms with Crippen LogP contribution in [0.25, 0.3) is 11.0 Å². The summed E-state index contributed by atoms with van der Waals surface area (Å²) in [6.07, 6.45) is 0.488. The summed E-state index contributed by atoms with van der Waals surface area (Å²) >= 11 is 1.12. The predicted octanol–water partition coefficient (Wildman–Crippen LogP) is 3.73. The molecule has 0 saturated carbocycles. The first-order chi connectivity index (χ1) is 13.0. The minimum atomic E-state index is -0.176. The highest BCUT2D eigenvalue weighted by molar-refractivity contribution is 7.00. The zero-order valence-corrected chi connectivity index (χ0v) is 16.0. The molecule has 0 atom stereocenters.